The fourth-order valence-corrected chi connectivity index (χ4v) is 4.87. The molecule has 3 aromatic rings. The number of piperidine rings is 1. The highest BCUT2D eigenvalue weighted by Crippen LogP contribution is 2.36. The molecule has 0 unspecified atom stereocenters. The lowest BCUT2D eigenvalue weighted by Crippen LogP contribution is -2.36. The van der Waals surface area contributed by atoms with E-state index in [0.29, 0.717) is 5.75 Å². The highest BCUT2D eigenvalue weighted by molar-refractivity contribution is 7.99. The van der Waals surface area contributed by atoms with Gasteiger partial charge in [0.2, 0.25) is 5.91 Å². The first-order chi connectivity index (χ1) is 15.6. The molecule has 168 valence electrons. The van der Waals surface area contributed by atoms with Crippen molar-refractivity contribution in [2.24, 2.45) is 7.05 Å². The molecule has 0 atom stereocenters. The maximum absolute atomic E-state index is 12.7. The minimum atomic E-state index is 0.190. The number of rotatable bonds is 7. The Kier molecular flexibility index (Phi) is 7.05. The Morgan fingerprint density at radius 3 is 2.03 bits per heavy atom. The van der Waals surface area contributed by atoms with Gasteiger partial charge in [-0.05, 0) is 67.8 Å². The van der Waals surface area contributed by atoms with Crippen LogP contribution in [-0.4, -0.2) is 53.4 Å². The van der Waals surface area contributed by atoms with Crippen molar-refractivity contribution in [1.82, 2.24) is 14.5 Å². The second-order valence-electron chi connectivity index (χ2n) is 7.84. The zero-order valence-electron chi connectivity index (χ0n) is 18.8. The molecular formula is C25H29N3O3S. The van der Waals surface area contributed by atoms with Crippen LogP contribution in [0.15, 0.2) is 53.7 Å². The topological polar surface area (TPSA) is 56.6 Å². The van der Waals surface area contributed by atoms with Crippen LogP contribution in [0, 0.1) is 0 Å². The first-order valence-electron chi connectivity index (χ1n) is 10.9. The number of carbonyl (C=O) groups excluding carboxylic acids is 1. The number of ether oxygens (including phenoxy) is 2. The molecule has 0 aliphatic carbocycles. The third-order valence-corrected chi connectivity index (χ3v) is 6.83. The fraction of sp³-hybridized carbons (Fsp3) is 0.360. The summed E-state index contributed by atoms with van der Waals surface area (Å²) in [7, 11) is 5.33. The SMILES string of the molecule is COc1ccc(-c2nc(SCC(=O)N3CCCCC3)n(C)c2-c2ccc(OC)cc2)cc1. The smallest absolute Gasteiger partial charge is 0.233 e. The van der Waals surface area contributed by atoms with Gasteiger partial charge in [-0.3, -0.25) is 4.79 Å². The number of hydrogen-bond donors (Lipinski definition) is 0. The van der Waals surface area contributed by atoms with E-state index in [2.05, 4.69) is 4.57 Å². The summed E-state index contributed by atoms with van der Waals surface area (Å²) in [6.07, 6.45) is 3.41. The second-order valence-corrected chi connectivity index (χ2v) is 8.78. The first kappa shape index (κ1) is 22.3. The Morgan fingerprint density at radius 2 is 1.47 bits per heavy atom. The molecule has 32 heavy (non-hydrogen) atoms. The highest BCUT2D eigenvalue weighted by Gasteiger charge is 2.21. The van der Waals surface area contributed by atoms with Crippen LogP contribution >= 0.6 is 11.8 Å². The van der Waals surface area contributed by atoms with Crippen LogP contribution in [0.3, 0.4) is 0 Å². The molecule has 1 aliphatic heterocycles. The Hall–Kier alpha value is -2.93. The van der Waals surface area contributed by atoms with Crippen molar-refractivity contribution in [1.29, 1.82) is 0 Å². The molecule has 1 aliphatic rings. The van der Waals surface area contributed by atoms with Gasteiger partial charge in [0.15, 0.2) is 5.16 Å². The minimum Gasteiger partial charge on any atom is -0.497 e. The van der Waals surface area contributed by atoms with Gasteiger partial charge in [-0.15, -0.1) is 0 Å². The molecule has 0 bridgehead atoms. The number of aromatic nitrogens is 2. The van der Waals surface area contributed by atoms with Crippen molar-refractivity contribution in [2.75, 3.05) is 33.1 Å². The van der Waals surface area contributed by atoms with Gasteiger partial charge in [-0.1, -0.05) is 11.8 Å². The number of amides is 1. The summed E-state index contributed by atoms with van der Waals surface area (Å²) in [5, 5.41) is 0.826. The molecule has 0 N–H and O–H groups in total. The monoisotopic (exact) mass is 451 g/mol. The van der Waals surface area contributed by atoms with Crippen molar-refractivity contribution < 1.29 is 14.3 Å². The van der Waals surface area contributed by atoms with E-state index in [4.69, 9.17) is 14.5 Å². The lowest BCUT2D eigenvalue weighted by Gasteiger charge is -2.26. The van der Waals surface area contributed by atoms with Crippen molar-refractivity contribution in [3.63, 3.8) is 0 Å². The van der Waals surface area contributed by atoms with E-state index in [1.165, 1.54) is 18.2 Å². The second kappa shape index (κ2) is 10.1. The third-order valence-electron chi connectivity index (χ3n) is 5.81. The van der Waals surface area contributed by atoms with Gasteiger partial charge in [0.25, 0.3) is 0 Å². The van der Waals surface area contributed by atoms with Gasteiger partial charge in [0.1, 0.15) is 11.5 Å². The fourth-order valence-electron chi connectivity index (χ4n) is 4.00. The molecule has 0 spiro atoms. The summed E-state index contributed by atoms with van der Waals surface area (Å²) in [6, 6.07) is 15.9. The lowest BCUT2D eigenvalue weighted by molar-refractivity contribution is -0.129. The number of nitrogens with zero attached hydrogens (tertiary/aromatic N) is 3. The molecule has 0 radical (unpaired) electrons. The molecule has 0 saturated carbocycles. The summed E-state index contributed by atoms with van der Waals surface area (Å²) in [5.74, 6) is 2.20. The largest absolute Gasteiger partial charge is 0.497 e. The van der Waals surface area contributed by atoms with Crippen LogP contribution < -0.4 is 9.47 Å². The number of benzene rings is 2. The van der Waals surface area contributed by atoms with E-state index in [1.54, 1.807) is 14.2 Å². The van der Waals surface area contributed by atoms with Crippen LogP contribution in [0.1, 0.15) is 19.3 Å². The molecule has 1 aromatic heterocycles. The zero-order chi connectivity index (χ0) is 22.5. The molecule has 4 rings (SSSR count). The number of likely N-dealkylation sites (tertiary alicyclic amines) is 1. The average Bonchev–Trinajstić information content (AvgIpc) is 3.19. The summed E-state index contributed by atoms with van der Waals surface area (Å²) in [4.78, 5) is 19.6. The zero-order valence-corrected chi connectivity index (χ0v) is 19.7. The number of imidazole rings is 1. The molecule has 1 amide bonds. The van der Waals surface area contributed by atoms with Crippen LogP contribution in [0.5, 0.6) is 11.5 Å². The van der Waals surface area contributed by atoms with Gasteiger partial charge >= 0.3 is 0 Å². The average molecular weight is 452 g/mol. The normalized spacial score (nSPS) is 13.8. The van der Waals surface area contributed by atoms with Crippen LogP contribution in [0.4, 0.5) is 0 Å². The number of hydrogen-bond acceptors (Lipinski definition) is 5. The maximum Gasteiger partial charge on any atom is 0.233 e. The Morgan fingerprint density at radius 1 is 0.906 bits per heavy atom. The van der Waals surface area contributed by atoms with E-state index in [1.807, 2.05) is 60.5 Å². The van der Waals surface area contributed by atoms with E-state index in [9.17, 15) is 4.79 Å². The van der Waals surface area contributed by atoms with Gasteiger partial charge in [0.05, 0.1) is 31.4 Å². The van der Waals surface area contributed by atoms with Crippen molar-refractivity contribution in [3.8, 4) is 34.0 Å². The highest BCUT2D eigenvalue weighted by atomic mass is 32.2. The lowest BCUT2D eigenvalue weighted by atomic mass is 10.0. The Balaban J connectivity index is 1.66. The van der Waals surface area contributed by atoms with Crippen LogP contribution in [-0.2, 0) is 11.8 Å². The number of thioether (sulfide) groups is 1. The standard InChI is InChI=1S/C25H29N3O3S/c1-27-24(19-9-13-21(31-3)14-10-19)23(18-7-11-20(30-2)12-8-18)26-25(27)32-17-22(29)28-15-5-4-6-16-28/h7-14H,4-6,15-17H2,1-3H3. The van der Waals surface area contributed by atoms with Crippen LogP contribution in [0.25, 0.3) is 22.5 Å². The summed E-state index contributed by atoms with van der Waals surface area (Å²) < 4.78 is 12.7. The molecule has 7 heteroatoms. The molecule has 1 fully saturated rings. The quantitative estimate of drug-likeness (QED) is 0.480. The molecular weight excluding hydrogens is 422 g/mol. The Bertz CT molecular complexity index is 1060. The van der Waals surface area contributed by atoms with Crippen molar-refractivity contribution in [2.45, 2.75) is 24.4 Å². The van der Waals surface area contributed by atoms with Gasteiger partial charge in [0, 0.05) is 31.3 Å². The molecule has 2 heterocycles. The number of carbonyl (C=O) groups is 1. The molecule has 6 nitrogen and oxygen atoms in total. The van der Waals surface area contributed by atoms with Crippen molar-refractivity contribution in [3.05, 3.63) is 48.5 Å². The third kappa shape index (κ3) is 4.78. The van der Waals surface area contributed by atoms with E-state index in [-0.39, 0.29) is 5.91 Å². The minimum absolute atomic E-state index is 0.190. The maximum atomic E-state index is 12.7. The van der Waals surface area contributed by atoms with Crippen molar-refractivity contribution >= 4 is 17.7 Å². The Labute approximate surface area is 193 Å². The van der Waals surface area contributed by atoms with Gasteiger partial charge < -0.3 is 18.9 Å². The van der Waals surface area contributed by atoms with Crippen LogP contribution in [0.2, 0.25) is 0 Å². The summed E-state index contributed by atoms with van der Waals surface area (Å²) in [6.45, 7) is 1.74. The molecule has 1 saturated heterocycles. The predicted octanol–water partition coefficient (Wildman–Crippen LogP) is 4.88. The van der Waals surface area contributed by atoms with E-state index < -0.39 is 0 Å². The van der Waals surface area contributed by atoms with E-state index in [0.717, 1.165) is 65.1 Å². The predicted molar refractivity (Wildman–Crippen MR) is 128 cm³/mol. The summed E-state index contributed by atoms with van der Waals surface area (Å²) >= 11 is 1.50. The van der Waals surface area contributed by atoms with Gasteiger partial charge in [-0.2, -0.15) is 0 Å². The van der Waals surface area contributed by atoms with E-state index >= 15 is 0 Å². The number of methoxy groups -OCH3 is 2. The first-order valence-corrected chi connectivity index (χ1v) is 11.9. The van der Waals surface area contributed by atoms with Gasteiger partial charge in [-0.25, -0.2) is 4.98 Å². The summed E-state index contributed by atoms with van der Waals surface area (Å²) in [5.41, 5.74) is 3.93. The molecule has 2 aromatic carbocycles.